The van der Waals surface area contributed by atoms with E-state index < -0.39 is 68.2 Å². The molecule has 21 nitrogen and oxygen atoms in total. The van der Waals surface area contributed by atoms with Crippen LogP contribution < -0.4 is 0 Å². The van der Waals surface area contributed by atoms with E-state index in [4.69, 9.17) is 16.2 Å². The number of carbonyl (C=O) groups is 1. The number of hydrogen-bond acceptors (Lipinski definition) is 11. The minimum Gasteiger partial charge on any atom is -0.461 e. The molecule has 0 aliphatic rings. The van der Waals surface area contributed by atoms with E-state index in [0.717, 1.165) is 0 Å². The fourth-order valence-electron chi connectivity index (χ4n) is 2.15. The van der Waals surface area contributed by atoms with E-state index in [1.54, 1.807) is 0 Å². The van der Waals surface area contributed by atoms with E-state index in [0.29, 0.717) is 0 Å². The number of nitrogens with zero attached hydrogens (tertiary/aromatic N) is 11. The van der Waals surface area contributed by atoms with Crippen molar-refractivity contribution in [3.8, 4) is 0 Å². The fourth-order valence-corrected chi connectivity index (χ4v) is 2.15. The number of hydrazine groups is 1. The molecule has 0 radical (unpaired) electrons. The van der Waals surface area contributed by atoms with Crippen molar-refractivity contribution in [2.75, 3.05) is 13.1 Å². The smallest absolute Gasteiger partial charge is 0.461 e. The summed E-state index contributed by atoms with van der Waals surface area (Å²) < 4.78 is 0. The van der Waals surface area contributed by atoms with E-state index in [9.17, 15) is 45.3 Å². The normalized spacial score (nSPS) is 12.4. The van der Waals surface area contributed by atoms with Crippen LogP contribution in [0.3, 0.4) is 0 Å². The van der Waals surface area contributed by atoms with Crippen molar-refractivity contribution in [1.82, 2.24) is 5.01 Å². The standard InChI is InChI=1S/C7H9N11O10/c8-12-10-2-1-5(11-13-9)4(3-14(6(19)20)18(27)28)7(15(21)22,16(23)24)17(25)26/h4-5H,1-3H2,(H,19,20). The molecule has 0 aliphatic carbocycles. The number of carboxylic acid groups (broad SMARTS) is 1. The fraction of sp³-hybridized carbons (Fsp3) is 0.857. The van der Waals surface area contributed by atoms with Gasteiger partial charge in [0.25, 0.3) is 0 Å². The Morgan fingerprint density at radius 1 is 1.07 bits per heavy atom. The summed E-state index contributed by atoms with van der Waals surface area (Å²) in [4.78, 5) is 54.1. The van der Waals surface area contributed by atoms with Gasteiger partial charge in [-0.2, -0.15) is 0 Å². The second kappa shape index (κ2) is 9.84. The molecular formula is C7H9N11O10. The van der Waals surface area contributed by atoms with Crippen molar-refractivity contribution in [3.63, 3.8) is 0 Å². The number of rotatable bonds is 12. The second-order valence-corrected chi connectivity index (χ2v) is 4.68. The van der Waals surface area contributed by atoms with Gasteiger partial charge in [0, 0.05) is 16.4 Å². The van der Waals surface area contributed by atoms with Gasteiger partial charge in [0.1, 0.15) is 6.54 Å². The van der Waals surface area contributed by atoms with Crippen LogP contribution in [0.2, 0.25) is 0 Å². The minimum atomic E-state index is -4.40. The summed E-state index contributed by atoms with van der Waals surface area (Å²) in [7, 11) is 0. The molecule has 0 aromatic carbocycles. The zero-order valence-corrected chi connectivity index (χ0v) is 13.3. The Labute approximate surface area is 150 Å². The molecule has 0 saturated heterocycles. The van der Waals surface area contributed by atoms with E-state index >= 15 is 0 Å². The lowest BCUT2D eigenvalue weighted by Crippen LogP contribution is -2.64. The van der Waals surface area contributed by atoms with Crippen LogP contribution >= 0.6 is 0 Å². The lowest BCUT2D eigenvalue weighted by Gasteiger charge is -2.24. The molecule has 152 valence electrons. The van der Waals surface area contributed by atoms with Gasteiger partial charge in [-0.3, -0.25) is 30.3 Å². The average Bonchev–Trinajstić information content (AvgIpc) is 2.56. The monoisotopic (exact) mass is 407 g/mol. The summed E-state index contributed by atoms with van der Waals surface area (Å²) in [5.74, 6) is -7.15. The lowest BCUT2D eigenvalue weighted by molar-refractivity contribution is -0.979. The van der Waals surface area contributed by atoms with Crippen molar-refractivity contribution >= 4 is 6.09 Å². The van der Waals surface area contributed by atoms with Crippen LogP contribution in [0.1, 0.15) is 6.42 Å². The van der Waals surface area contributed by atoms with Gasteiger partial charge < -0.3 is 5.11 Å². The number of hydrogen-bond donors (Lipinski definition) is 1. The van der Waals surface area contributed by atoms with Gasteiger partial charge in [-0.05, 0) is 22.5 Å². The SMILES string of the molecule is [N-]=[N+]=NCCC(N=[N+]=[N-])C(CN(C(=O)O)[N+](=O)[O-])C([N+](=O)[O-])([N+](=O)[O-])[N+](=O)[O-]. The predicted octanol–water partition coefficient (Wildman–Crippen LogP) is 0.637. The first-order valence-corrected chi connectivity index (χ1v) is 6.61. The minimum absolute atomic E-state index is 0.633. The first-order valence-electron chi connectivity index (χ1n) is 6.61. The summed E-state index contributed by atoms with van der Waals surface area (Å²) >= 11 is 0. The Kier molecular flexibility index (Phi) is 8.25. The summed E-state index contributed by atoms with van der Waals surface area (Å²) in [5, 5.41) is 56.9. The van der Waals surface area contributed by atoms with Gasteiger partial charge in [0.2, 0.25) is 5.92 Å². The number of amides is 1. The van der Waals surface area contributed by atoms with Crippen molar-refractivity contribution in [2.45, 2.75) is 18.2 Å². The molecule has 21 heteroatoms. The topological polar surface area (TPSA) is 311 Å². The molecule has 0 rings (SSSR count). The van der Waals surface area contributed by atoms with Crippen LogP contribution in [0.5, 0.6) is 0 Å². The maximum Gasteiger partial charge on any atom is 0.705 e. The number of azide groups is 2. The van der Waals surface area contributed by atoms with E-state index in [-0.39, 0.29) is 0 Å². The van der Waals surface area contributed by atoms with E-state index in [1.807, 2.05) is 0 Å². The van der Waals surface area contributed by atoms with Crippen LogP contribution in [0.4, 0.5) is 4.79 Å². The molecule has 1 amide bonds. The van der Waals surface area contributed by atoms with E-state index in [2.05, 4.69) is 20.1 Å². The largest absolute Gasteiger partial charge is 0.705 e. The third-order valence-corrected chi connectivity index (χ3v) is 3.34. The third-order valence-electron chi connectivity index (χ3n) is 3.34. The molecule has 0 aromatic heterocycles. The van der Waals surface area contributed by atoms with Crippen molar-refractivity contribution in [3.05, 3.63) is 61.3 Å². The maximum atomic E-state index is 11.3. The van der Waals surface area contributed by atoms with Gasteiger partial charge in [-0.1, -0.05) is 10.2 Å². The van der Waals surface area contributed by atoms with Crippen LogP contribution in [-0.4, -0.2) is 60.9 Å². The Balaban J connectivity index is 6.73. The van der Waals surface area contributed by atoms with Crippen molar-refractivity contribution in [1.29, 1.82) is 0 Å². The van der Waals surface area contributed by atoms with Crippen molar-refractivity contribution in [2.24, 2.45) is 16.1 Å². The molecule has 28 heavy (non-hydrogen) atoms. The molecule has 0 bridgehead atoms. The van der Waals surface area contributed by atoms with Gasteiger partial charge in [0.05, 0.1) is 6.04 Å². The highest BCUT2D eigenvalue weighted by Crippen LogP contribution is 2.31. The van der Waals surface area contributed by atoms with Gasteiger partial charge in [-0.25, -0.2) is 14.9 Å². The first kappa shape index (κ1) is 23.5. The molecule has 0 heterocycles. The summed E-state index contributed by atoms with van der Waals surface area (Å²) in [6.45, 7) is -2.39. The second-order valence-electron chi connectivity index (χ2n) is 4.68. The lowest BCUT2D eigenvalue weighted by atomic mass is 9.90. The third kappa shape index (κ3) is 4.77. The number of nitro groups is 4. The van der Waals surface area contributed by atoms with Crippen LogP contribution in [0, 0.1) is 46.4 Å². The van der Waals surface area contributed by atoms with Gasteiger partial charge in [0.15, 0.2) is 19.8 Å². The highest BCUT2D eigenvalue weighted by Gasteiger charge is 2.78. The zero-order chi connectivity index (χ0) is 22.1. The van der Waals surface area contributed by atoms with E-state index in [1.165, 1.54) is 0 Å². The predicted molar refractivity (Wildman–Crippen MR) is 80.5 cm³/mol. The molecule has 0 fully saturated rings. The highest BCUT2D eigenvalue weighted by atomic mass is 16.7. The maximum absolute atomic E-state index is 11.3. The highest BCUT2D eigenvalue weighted by molar-refractivity contribution is 5.63. The summed E-state index contributed by atoms with van der Waals surface area (Å²) in [5.41, 5.74) is 16.8. The van der Waals surface area contributed by atoms with Crippen molar-refractivity contribution < 1.29 is 29.7 Å². The Hall–Kier alpha value is -4.51. The van der Waals surface area contributed by atoms with Crippen LogP contribution in [-0.2, 0) is 0 Å². The molecular weight excluding hydrogens is 398 g/mol. The first-order chi connectivity index (χ1) is 13.0. The molecule has 0 saturated carbocycles. The van der Waals surface area contributed by atoms with Gasteiger partial charge >= 0.3 is 11.9 Å². The summed E-state index contributed by atoms with van der Waals surface area (Å²) in [6, 6.07) is -2.10. The van der Waals surface area contributed by atoms with Crippen LogP contribution in [0.25, 0.3) is 20.9 Å². The molecule has 2 atom stereocenters. The van der Waals surface area contributed by atoms with Crippen LogP contribution in [0.15, 0.2) is 10.2 Å². The zero-order valence-electron chi connectivity index (χ0n) is 13.3. The quantitative estimate of drug-likeness (QED) is 0.117. The Morgan fingerprint density at radius 2 is 1.57 bits per heavy atom. The van der Waals surface area contributed by atoms with Gasteiger partial charge in [-0.15, -0.1) is 0 Å². The Morgan fingerprint density at radius 3 is 1.89 bits per heavy atom. The molecule has 1 N–H and O–H groups in total. The average molecular weight is 407 g/mol. The Bertz CT molecular complexity index is 720. The molecule has 0 spiro atoms. The molecule has 2 unspecified atom stereocenters. The summed E-state index contributed by atoms with van der Waals surface area (Å²) in [6.07, 6.45) is -3.10. The molecule has 0 aromatic rings. The molecule has 0 aliphatic heterocycles.